The van der Waals surface area contributed by atoms with E-state index in [1.165, 1.54) is 12.1 Å². The van der Waals surface area contributed by atoms with Gasteiger partial charge in [-0.3, -0.25) is 9.78 Å². The number of carbonyl (C=O) groups is 1. The predicted molar refractivity (Wildman–Crippen MR) is 145 cm³/mol. The Hall–Kier alpha value is -3.45. The molecule has 0 aliphatic carbocycles. The first-order valence-corrected chi connectivity index (χ1v) is 12.7. The Bertz CT molecular complexity index is 1480. The van der Waals surface area contributed by atoms with Crippen LogP contribution in [-0.4, -0.2) is 45.9 Å². The Kier molecular flexibility index (Phi) is 6.23. The number of fused-ring (bicyclic) bond motifs is 1. The van der Waals surface area contributed by atoms with Crippen molar-refractivity contribution in [3.05, 3.63) is 77.0 Å². The molecule has 0 N–H and O–H groups in total. The largest absolute Gasteiger partial charge is 0.449 e. The fraction of sp³-hybridized carbons (Fsp3) is 0.345. The number of nitrogens with zero attached hydrogens (tertiary/aromatic N) is 4. The zero-order valence-corrected chi connectivity index (χ0v) is 22.4. The van der Waals surface area contributed by atoms with Gasteiger partial charge in [-0.2, -0.15) is 0 Å². The highest BCUT2D eigenvalue weighted by Gasteiger charge is 2.38. The van der Waals surface area contributed by atoms with Crippen LogP contribution in [0.15, 0.2) is 59.3 Å². The van der Waals surface area contributed by atoms with E-state index < -0.39 is 11.4 Å². The molecule has 0 saturated carbocycles. The third-order valence-electron chi connectivity index (χ3n) is 6.89. The van der Waals surface area contributed by atoms with E-state index in [9.17, 15) is 9.18 Å². The zero-order valence-electron chi connectivity index (χ0n) is 21.7. The van der Waals surface area contributed by atoms with Gasteiger partial charge < -0.3 is 14.2 Å². The van der Waals surface area contributed by atoms with Gasteiger partial charge in [0.05, 0.1) is 16.3 Å². The minimum Gasteiger partial charge on any atom is -0.449 e. The lowest BCUT2D eigenvalue weighted by Gasteiger charge is -2.47. The summed E-state index contributed by atoms with van der Waals surface area (Å²) in [6, 6.07) is 12.2. The van der Waals surface area contributed by atoms with Crippen LogP contribution in [0.25, 0.3) is 22.4 Å². The second kappa shape index (κ2) is 9.14. The highest BCUT2D eigenvalue weighted by molar-refractivity contribution is 6.30. The molecule has 1 aromatic carbocycles. The maximum atomic E-state index is 14.2. The summed E-state index contributed by atoms with van der Waals surface area (Å²) in [7, 11) is 0. The second-order valence-electron chi connectivity index (χ2n) is 11.2. The lowest BCUT2D eigenvalue weighted by Crippen LogP contribution is -2.61. The van der Waals surface area contributed by atoms with Crippen molar-refractivity contribution in [2.24, 2.45) is 0 Å². The van der Waals surface area contributed by atoms with Gasteiger partial charge in [-0.15, -0.1) is 0 Å². The van der Waals surface area contributed by atoms with Crippen molar-refractivity contribution in [2.45, 2.75) is 45.6 Å². The lowest BCUT2D eigenvalue weighted by atomic mass is 9.86. The summed E-state index contributed by atoms with van der Waals surface area (Å²) in [5, 5.41) is 0.0590. The number of anilines is 1. The van der Waals surface area contributed by atoms with Crippen LogP contribution < -0.4 is 4.90 Å². The number of furan rings is 1. The number of benzene rings is 1. The van der Waals surface area contributed by atoms with Gasteiger partial charge in [0, 0.05) is 54.9 Å². The van der Waals surface area contributed by atoms with E-state index in [2.05, 4.69) is 44.5 Å². The minimum absolute atomic E-state index is 0.0590. The van der Waals surface area contributed by atoms with Crippen molar-refractivity contribution >= 4 is 34.3 Å². The fourth-order valence-electron chi connectivity index (χ4n) is 4.93. The number of piperazine rings is 1. The summed E-state index contributed by atoms with van der Waals surface area (Å²) in [4.78, 5) is 26.7. The molecule has 4 heterocycles. The van der Waals surface area contributed by atoms with Crippen molar-refractivity contribution in [1.82, 2.24) is 14.9 Å². The van der Waals surface area contributed by atoms with Gasteiger partial charge in [0.25, 0.3) is 5.91 Å². The Morgan fingerprint density at radius 2 is 1.81 bits per heavy atom. The first kappa shape index (κ1) is 25.2. The molecule has 5 rings (SSSR count). The molecule has 4 aromatic rings. The van der Waals surface area contributed by atoms with Gasteiger partial charge in [-0.1, -0.05) is 38.4 Å². The van der Waals surface area contributed by atoms with Gasteiger partial charge in [0.2, 0.25) is 0 Å². The van der Waals surface area contributed by atoms with Gasteiger partial charge >= 0.3 is 0 Å². The van der Waals surface area contributed by atoms with E-state index in [0.717, 1.165) is 11.3 Å². The van der Waals surface area contributed by atoms with E-state index in [4.69, 9.17) is 21.0 Å². The molecule has 0 atom stereocenters. The molecule has 0 unspecified atom stereocenters. The third-order valence-corrected chi connectivity index (χ3v) is 7.19. The molecule has 0 spiro atoms. The summed E-state index contributed by atoms with van der Waals surface area (Å²) < 4.78 is 20.4. The summed E-state index contributed by atoms with van der Waals surface area (Å²) >= 11 is 5.89. The highest BCUT2D eigenvalue weighted by Crippen LogP contribution is 2.36. The van der Waals surface area contributed by atoms with Crippen LogP contribution in [-0.2, 0) is 5.41 Å². The molecule has 0 radical (unpaired) electrons. The summed E-state index contributed by atoms with van der Waals surface area (Å²) in [6.45, 7) is 12.3. The monoisotopic (exact) mass is 520 g/mol. The molecular formula is C29H30ClFN4O2. The number of amides is 1. The average Bonchev–Trinajstić information content (AvgIpc) is 3.28. The van der Waals surface area contributed by atoms with Crippen LogP contribution in [0.4, 0.5) is 10.1 Å². The van der Waals surface area contributed by atoms with Crippen molar-refractivity contribution < 1.29 is 13.6 Å². The number of hydrogen-bond acceptors (Lipinski definition) is 5. The molecule has 8 heteroatoms. The number of aromatic nitrogens is 2. The molecule has 1 amide bonds. The van der Waals surface area contributed by atoms with Crippen molar-refractivity contribution in [3.8, 4) is 11.3 Å². The Balaban J connectivity index is 1.51. The number of halogens is 2. The van der Waals surface area contributed by atoms with Gasteiger partial charge in [-0.25, -0.2) is 9.37 Å². The molecule has 1 saturated heterocycles. The van der Waals surface area contributed by atoms with Crippen molar-refractivity contribution in [3.63, 3.8) is 0 Å². The maximum Gasteiger partial charge on any atom is 0.290 e. The lowest BCUT2D eigenvalue weighted by molar-refractivity contribution is 0.0484. The van der Waals surface area contributed by atoms with Crippen LogP contribution in [0.1, 0.15) is 50.7 Å². The smallest absolute Gasteiger partial charge is 0.290 e. The van der Waals surface area contributed by atoms with E-state index >= 15 is 0 Å². The summed E-state index contributed by atoms with van der Waals surface area (Å²) in [6.07, 6.45) is 3.56. The van der Waals surface area contributed by atoms with E-state index in [1.54, 1.807) is 24.5 Å². The Morgan fingerprint density at radius 1 is 1.08 bits per heavy atom. The molecule has 1 fully saturated rings. The van der Waals surface area contributed by atoms with Crippen LogP contribution >= 0.6 is 11.6 Å². The van der Waals surface area contributed by atoms with Gasteiger partial charge in [-0.05, 0) is 49.6 Å². The second-order valence-corrected chi connectivity index (χ2v) is 11.6. The number of hydrogen-bond donors (Lipinski definition) is 0. The minimum atomic E-state index is -0.505. The van der Waals surface area contributed by atoms with Crippen LogP contribution in [0.3, 0.4) is 0 Å². The van der Waals surface area contributed by atoms with Crippen molar-refractivity contribution in [2.75, 3.05) is 24.5 Å². The standard InChI is InChI=1S/C29H30ClFN4O2/c1-28(2,3)20-15-23(18-6-7-21(30)22(31)14-18)33-24-16-25(37-26(20)24)27(36)35-13-12-34(17-29(35,4)5)19-8-10-32-11-9-19/h6-11,14-16H,12-13,17H2,1-5H3. The molecule has 3 aromatic heterocycles. The molecule has 0 bridgehead atoms. The SMILES string of the molecule is CC(C)(C)c1cc(-c2ccc(Cl)c(F)c2)nc2cc(C(=O)N3CCN(c4ccncc4)CC3(C)C)oc12. The van der Waals surface area contributed by atoms with Crippen LogP contribution in [0.5, 0.6) is 0 Å². The number of pyridine rings is 2. The molecule has 1 aliphatic heterocycles. The Morgan fingerprint density at radius 3 is 2.46 bits per heavy atom. The number of carbonyl (C=O) groups excluding carboxylic acids is 1. The molecule has 37 heavy (non-hydrogen) atoms. The average molecular weight is 521 g/mol. The first-order valence-electron chi connectivity index (χ1n) is 12.3. The van der Waals surface area contributed by atoms with Gasteiger partial charge in [0.1, 0.15) is 11.3 Å². The van der Waals surface area contributed by atoms with E-state index in [1.807, 2.05) is 23.1 Å². The first-order chi connectivity index (χ1) is 17.4. The van der Waals surface area contributed by atoms with Crippen LogP contribution in [0, 0.1) is 5.82 Å². The van der Waals surface area contributed by atoms with E-state index in [-0.39, 0.29) is 22.1 Å². The quantitative estimate of drug-likeness (QED) is 0.300. The third kappa shape index (κ3) is 4.80. The van der Waals surface area contributed by atoms with Gasteiger partial charge in [0.15, 0.2) is 11.3 Å². The highest BCUT2D eigenvalue weighted by atomic mass is 35.5. The molecule has 1 aliphatic rings. The fourth-order valence-corrected chi connectivity index (χ4v) is 5.04. The topological polar surface area (TPSA) is 62.5 Å². The van der Waals surface area contributed by atoms with E-state index in [0.29, 0.717) is 42.0 Å². The molecular weight excluding hydrogens is 491 g/mol. The number of rotatable bonds is 3. The maximum absolute atomic E-state index is 14.2. The Labute approximate surface area is 221 Å². The molecule has 192 valence electrons. The zero-order chi connectivity index (χ0) is 26.5. The van der Waals surface area contributed by atoms with Crippen LogP contribution in [0.2, 0.25) is 5.02 Å². The predicted octanol–water partition coefficient (Wildman–Crippen LogP) is 6.72. The summed E-state index contributed by atoms with van der Waals surface area (Å²) in [5.74, 6) is -0.427. The summed E-state index contributed by atoms with van der Waals surface area (Å²) in [5.41, 5.74) is 3.60. The van der Waals surface area contributed by atoms with Crippen molar-refractivity contribution in [1.29, 1.82) is 0 Å². The molecule has 6 nitrogen and oxygen atoms in total. The normalized spacial score (nSPS) is 15.9.